The first-order valence-corrected chi connectivity index (χ1v) is 10.1. The monoisotopic (exact) mass is 410 g/mol. The summed E-state index contributed by atoms with van der Waals surface area (Å²) in [5, 5.41) is 12.1. The lowest BCUT2D eigenvalue weighted by Gasteiger charge is -2.27. The van der Waals surface area contributed by atoms with Gasteiger partial charge in [0, 0.05) is 0 Å². The molecule has 0 aliphatic carbocycles. The van der Waals surface area contributed by atoms with Crippen LogP contribution in [0.3, 0.4) is 0 Å². The van der Waals surface area contributed by atoms with E-state index in [2.05, 4.69) is 30.3 Å². The fourth-order valence-corrected chi connectivity index (χ4v) is 4.05. The predicted molar refractivity (Wildman–Crippen MR) is 119 cm³/mol. The number of hydrogen-bond acceptors (Lipinski definition) is 5. The van der Waals surface area contributed by atoms with Gasteiger partial charge in [-0.25, -0.2) is 4.79 Å². The highest BCUT2D eigenvalue weighted by atomic mass is 16.5. The van der Waals surface area contributed by atoms with Crippen LogP contribution >= 0.6 is 0 Å². The number of fused-ring (bicyclic) bond motifs is 1. The minimum atomic E-state index is -0.660. The summed E-state index contributed by atoms with van der Waals surface area (Å²) in [6.45, 7) is 3.62. The molecule has 2 N–H and O–H groups in total. The fraction of sp³-hybridized carbons (Fsp3) is 0.154. The second-order valence-corrected chi connectivity index (χ2v) is 7.27. The first-order valence-electron chi connectivity index (χ1n) is 10.1. The van der Waals surface area contributed by atoms with Crippen LogP contribution in [0.1, 0.15) is 25.3 Å². The maximum atomic E-state index is 12.8. The minimum absolute atomic E-state index is 0.00797. The van der Waals surface area contributed by atoms with Gasteiger partial charge in [-0.15, -0.1) is 0 Å². The molecule has 0 radical (unpaired) electrons. The van der Waals surface area contributed by atoms with Crippen molar-refractivity contribution < 1.29 is 14.3 Å². The number of carbonyl (C=O) groups is 1. The normalized spacial score (nSPS) is 16.1. The molecule has 3 aromatic carbocycles. The first kappa shape index (κ1) is 20.2. The number of carbonyl (C=O) groups excluding carboxylic acids is 1. The number of nitriles is 1. The molecule has 4 rings (SSSR count). The number of nitrogens with zero attached hydrogens (tertiary/aromatic N) is 1. The van der Waals surface area contributed by atoms with Gasteiger partial charge < -0.3 is 15.2 Å². The van der Waals surface area contributed by atoms with E-state index in [4.69, 9.17) is 15.2 Å². The lowest BCUT2D eigenvalue weighted by molar-refractivity contribution is -0.139. The lowest BCUT2D eigenvalue weighted by Crippen LogP contribution is -2.25. The zero-order chi connectivity index (χ0) is 22.0. The number of rotatable bonds is 4. The summed E-state index contributed by atoms with van der Waals surface area (Å²) in [6.07, 6.45) is 0. The molecular weight excluding hydrogens is 388 g/mol. The Balaban J connectivity index is 1.89. The molecule has 0 fully saturated rings. The van der Waals surface area contributed by atoms with Crippen LogP contribution in [0.4, 0.5) is 0 Å². The maximum Gasteiger partial charge on any atom is 0.338 e. The molecule has 1 unspecified atom stereocenters. The molecule has 0 amide bonds. The van der Waals surface area contributed by atoms with E-state index >= 15 is 0 Å². The Morgan fingerprint density at radius 3 is 2.65 bits per heavy atom. The Labute approximate surface area is 181 Å². The van der Waals surface area contributed by atoms with Gasteiger partial charge in [-0.1, -0.05) is 66.7 Å². The summed E-state index contributed by atoms with van der Waals surface area (Å²) in [6, 6.07) is 24.3. The number of esters is 1. The molecule has 31 heavy (non-hydrogen) atoms. The van der Waals surface area contributed by atoms with Crippen molar-refractivity contribution in [2.45, 2.75) is 19.8 Å². The van der Waals surface area contributed by atoms with Crippen LogP contribution < -0.4 is 5.73 Å². The molecule has 5 heteroatoms. The molecule has 0 bridgehead atoms. The van der Waals surface area contributed by atoms with Gasteiger partial charge in [0.25, 0.3) is 0 Å². The average Bonchev–Trinajstić information content (AvgIpc) is 2.78. The summed E-state index contributed by atoms with van der Waals surface area (Å²) in [5.41, 5.74) is 9.34. The molecule has 1 heterocycles. The van der Waals surface area contributed by atoms with E-state index in [0.717, 1.165) is 27.5 Å². The fourth-order valence-electron chi connectivity index (χ4n) is 4.05. The van der Waals surface area contributed by atoms with Crippen molar-refractivity contribution in [2.75, 3.05) is 6.61 Å². The molecule has 3 aromatic rings. The third-order valence-electron chi connectivity index (χ3n) is 5.42. The number of nitrogens with two attached hydrogens (primary N) is 1. The van der Waals surface area contributed by atoms with Crippen molar-refractivity contribution in [2.24, 2.45) is 5.73 Å². The van der Waals surface area contributed by atoms with Crippen molar-refractivity contribution in [3.63, 3.8) is 0 Å². The van der Waals surface area contributed by atoms with E-state index in [1.807, 2.05) is 42.5 Å². The zero-order valence-corrected chi connectivity index (χ0v) is 17.4. The molecule has 0 saturated heterocycles. The Morgan fingerprint density at radius 2 is 1.87 bits per heavy atom. The van der Waals surface area contributed by atoms with Gasteiger partial charge in [-0.2, -0.15) is 5.26 Å². The van der Waals surface area contributed by atoms with Crippen LogP contribution in [-0.2, 0) is 14.3 Å². The highest BCUT2D eigenvalue weighted by molar-refractivity contribution is 5.97. The van der Waals surface area contributed by atoms with Crippen LogP contribution in [0.15, 0.2) is 89.5 Å². The molecule has 1 aliphatic rings. The van der Waals surface area contributed by atoms with E-state index in [0.29, 0.717) is 11.3 Å². The van der Waals surface area contributed by atoms with Gasteiger partial charge in [0.1, 0.15) is 17.4 Å². The van der Waals surface area contributed by atoms with Gasteiger partial charge in [0.15, 0.2) is 0 Å². The van der Waals surface area contributed by atoms with Crippen molar-refractivity contribution >= 4 is 16.7 Å². The topological polar surface area (TPSA) is 85.3 Å². The third kappa shape index (κ3) is 3.64. The van der Waals surface area contributed by atoms with Crippen molar-refractivity contribution in [1.29, 1.82) is 5.26 Å². The van der Waals surface area contributed by atoms with Crippen LogP contribution in [0, 0.1) is 11.3 Å². The quantitative estimate of drug-likeness (QED) is 0.601. The van der Waals surface area contributed by atoms with Gasteiger partial charge in [0.2, 0.25) is 5.88 Å². The summed E-state index contributed by atoms with van der Waals surface area (Å²) >= 11 is 0. The Morgan fingerprint density at radius 1 is 1.13 bits per heavy atom. The molecule has 0 saturated carbocycles. The molecule has 154 valence electrons. The smallest absolute Gasteiger partial charge is 0.338 e. The van der Waals surface area contributed by atoms with Crippen molar-refractivity contribution in [3.8, 4) is 17.2 Å². The molecule has 1 atom stereocenters. The van der Waals surface area contributed by atoms with Crippen LogP contribution in [0.2, 0.25) is 0 Å². The van der Waals surface area contributed by atoms with Crippen LogP contribution in [-0.4, -0.2) is 12.6 Å². The van der Waals surface area contributed by atoms with Gasteiger partial charge in [-0.05, 0) is 41.3 Å². The Bertz CT molecular complexity index is 1280. The number of hydrogen-bond donors (Lipinski definition) is 1. The highest BCUT2D eigenvalue weighted by Crippen LogP contribution is 2.41. The summed E-state index contributed by atoms with van der Waals surface area (Å²) in [5.74, 6) is -0.822. The molecule has 1 aliphatic heterocycles. The van der Waals surface area contributed by atoms with E-state index in [1.165, 1.54) is 0 Å². The van der Waals surface area contributed by atoms with Crippen molar-refractivity contribution in [1.82, 2.24) is 0 Å². The van der Waals surface area contributed by atoms with E-state index < -0.39 is 11.9 Å². The highest BCUT2D eigenvalue weighted by Gasteiger charge is 2.36. The Hall–Kier alpha value is -4.04. The molecule has 0 spiro atoms. The minimum Gasteiger partial charge on any atom is -0.463 e. The number of allylic oxidation sites excluding steroid dienone is 2. The van der Waals surface area contributed by atoms with Crippen LogP contribution in [0.25, 0.3) is 21.9 Å². The van der Waals surface area contributed by atoms with Crippen molar-refractivity contribution in [3.05, 3.63) is 95.1 Å². The van der Waals surface area contributed by atoms with E-state index in [-0.39, 0.29) is 18.1 Å². The Kier molecular flexibility index (Phi) is 5.46. The molecular formula is C26H22N2O3. The summed E-state index contributed by atoms with van der Waals surface area (Å²) in [7, 11) is 0. The summed E-state index contributed by atoms with van der Waals surface area (Å²) < 4.78 is 10.8. The summed E-state index contributed by atoms with van der Waals surface area (Å²) in [4.78, 5) is 12.8. The number of ether oxygens (including phenoxy) is 2. The predicted octanol–water partition coefficient (Wildman–Crippen LogP) is 5.15. The third-order valence-corrected chi connectivity index (χ3v) is 5.42. The zero-order valence-electron chi connectivity index (χ0n) is 17.4. The van der Waals surface area contributed by atoms with E-state index in [1.54, 1.807) is 13.8 Å². The lowest BCUT2D eigenvalue weighted by atomic mass is 9.82. The molecule has 5 nitrogen and oxygen atoms in total. The second-order valence-electron chi connectivity index (χ2n) is 7.27. The number of benzene rings is 3. The van der Waals surface area contributed by atoms with E-state index in [9.17, 15) is 10.1 Å². The first-order chi connectivity index (χ1) is 15.0. The standard InChI is InChI=1S/C26H22N2O3/c1-3-30-26(29)23-16(2)31-25(28)22(15-27)24(23)19-11-6-10-18(14-19)21-13-7-9-17-8-4-5-12-20(17)21/h4-14,24H,3,28H2,1-2H3. The molecule has 0 aromatic heterocycles. The average molecular weight is 410 g/mol. The maximum absolute atomic E-state index is 12.8. The van der Waals surface area contributed by atoms with Crippen LogP contribution in [0.5, 0.6) is 0 Å². The largest absolute Gasteiger partial charge is 0.463 e. The SMILES string of the molecule is CCOC(=O)C1=C(C)OC(N)=C(C#N)C1c1cccc(-c2cccc3ccccc23)c1. The van der Waals surface area contributed by atoms with Gasteiger partial charge in [0.05, 0.1) is 18.1 Å². The second kappa shape index (κ2) is 8.37. The van der Waals surface area contributed by atoms with Gasteiger partial charge >= 0.3 is 5.97 Å². The van der Waals surface area contributed by atoms with Gasteiger partial charge in [-0.3, -0.25) is 0 Å².